The second-order valence-corrected chi connectivity index (χ2v) is 6.77. The maximum atomic E-state index is 11.8. The SMILES string of the molecule is Cc1cccc(NS(=O)(=O)CCCCCl)c1Br. The van der Waals surface area contributed by atoms with Crippen LogP contribution in [0, 0.1) is 6.92 Å². The van der Waals surface area contributed by atoms with Crippen LogP contribution in [0.1, 0.15) is 18.4 Å². The van der Waals surface area contributed by atoms with E-state index in [1.807, 2.05) is 19.1 Å². The van der Waals surface area contributed by atoms with Gasteiger partial charge in [-0.25, -0.2) is 8.42 Å². The lowest BCUT2D eigenvalue weighted by molar-refractivity contribution is 0.598. The lowest BCUT2D eigenvalue weighted by Crippen LogP contribution is -2.17. The van der Waals surface area contributed by atoms with E-state index < -0.39 is 10.0 Å². The van der Waals surface area contributed by atoms with E-state index >= 15 is 0 Å². The number of alkyl halides is 1. The van der Waals surface area contributed by atoms with E-state index in [4.69, 9.17) is 11.6 Å². The zero-order valence-electron chi connectivity index (χ0n) is 9.54. The first-order chi connectivity index (χ1) is 7.96. The molecule has 6 heteroatoms. The molecular weight excluding hydrogens is 326 g/mol. The fraction of sp³-hybridized carbons (Fsp3) is 0.455. The number of hydrogen-bond donors (Lipinski definition) is 1. The summed E-state index contributed by atoms with van der Waals surface area (Å²) in [7, 11) is -3.28. The first-order valence-electron chi connectivity index (χ1n) is 5.28. The van der Waals surface area contributed by atoms with E-state index in [0.717, 1.165) is 10.0 Å². The highest BCUT2D eigenvalue weighted by molar-refractivity contribution is 9.10. The molecule has 1 N–H and O–H groups in total. The predicted octanol–water partition coefficient (Wildman–Crippen LogP) is 3.52. The van der Waals surface area contributed by atoms with E-state index in [1.165, 1.54) is 0 Å². The first-order valence-corrected chi connectivity index (χ1v) is 8.26. The summed E-state index contributed by atoms with van der Waals surface area (Å²) in [5, 5.41) is 0. The van der Waals surface area contributed by atoms with Gasteiger partial charge in [0.1, 0.15) is 0 Å². The minimum atomic E-state index is -3.28. The quantitative estimate of drug-likeness (QED) is 0.636. The molecule has 0 fully saturated rings. The lowest BCUT2D eigenvalue weighted by Gasteiger charge is -2.10. The highest BCUT2D eigenvalue weighted by atomic mass is 79.9. The molecule has 0 bridgehead atoms. The van der Waals surface area contributed by atoms with Gasteiger partial charge in [0.2, 0.25) is 10.0 Å². The Morgan fingerprint density at radius 1 is 1.35 bits per heavy atom. The van der Waals surface area contributed by atoms with Gasteiger partial charge >= 0.3 is 0 Å². The van der Waals surface area contributed by atoms with Gasteiger partial charge in [0, 0.05) is 10.4 Å². The van der Waals surface area contributed by atoms with E-state index in [2.05, 4.69) is 20.7 Å². The Bertz CT molecular complexity index is 476. The molecule has 0 aromatic heterocycles. The number of benzene rings is 1. The molecule has 3 nitrogen and oxygen atoms in total. The molecule has 0 heterocycles. The highest BCUT2D eigenvalue weighted by Crippen LogP contribution is 2.26. The van der Waals surface area contributed by atoms with Crippen LogP contribution in [0.15, 0.2) is 22.7 Å². The summed E-state index contributed by atoms with van der Waals surface area (Å²) in [4.78, 5) is 0. The zero-order valence-corrected chi connectivity index (χ0v) is 12.7. The largest absolute Gasteiger partial charge is 0.282 e. The normalized spacial score (nSPS) is 11.5. The second-order valence-electron chi connectivity index (χ2n) is 3.75. The van der Waals surface area contributed by atoms with Crippen molar-refractivity contribution in [3.05, 3.63) is 28.2 Å². The van der Waals surface area contributed by atoms with Crippen LogP contribution in [0.3, 0.4) is 0 Å². The number of anilines is 1. The van der Waals surface area contributed by atoms with Crippen molar-refractivity contribution in [3.8, 4) is 0 Å². The molecule has 0 amide bonds. The Hall–Kier alpha value is -0.260. The van der Waals surface area contributed by atoms with Crippen molar-refractivity contribution in [2.45, 2.75) is 19.8 Å². The Balaban J connectivity index is 2.73. The van der Waals surface area contributed by atoms with Gasteiger partial charge in [-0.1, -0.05) is 12.1 Å². The van der Waals surface area contributed by atoms with Gasteiger partial charge in [0.25, 0.3) is 0 Å². The smallest absolute Gasteiger partial charge is 0.232 e. The molecule has 0 atom stereocenters. The first kappa shape index (κ1) is 14.8. The third kappa shape index (κ3) is 4.85. The van der Waals surface area contributed by atoms with Crippen molar-refractivity contribution in [3.63, 3.8) is 0 Å². The summed E-state index contributed by atoms with van der Waals surface area (Å²) < 4.78 is 26.9. The average molecular weight is 341 g/mol. The van der Waals surface area contributed by atoms with E-state index in [0.29, 0.717) is 24.4 Å². The van der Waals surface area contributed by atoms with Crippen LogP contribution >= 0.6 is 27.5 Å². The summed E-state index contributed by atoms with van der Waals surface area (Å²) in [6.45, 7) is 1.91. The number of aryl methyl sites for hydroxylation is 1. The van der Waals surface area contributed by atoms with Crippen LogP contribution in [-0.4, -0.2) is 20.1 Å². The minimum Gasteiger partial charge on any atom is -0.282 e. The van der Waals surface area contributed by atoms with Gasteiger partial charge in [-0.05, 0) is 47.3 Å². The van der Waals surface area contributed by atoms with Crippen molar-refractivity contribution >= 4 is 43.2 Å². The number of nitrogens with one attached hydrogen (secondary N) is 1. The summed E-state index contributed by atoms with van der Waals surface area (Å²) in [5.41, 5.74) is 1.57. The van der Waals surface area contributed by atoms with Crippen LogP contribution in [0.4, 0.5) is 5.69 Å². The fourth-order valence-corrected chi connectivity index (χ4v) is 3.21. The Kier molecular flexibility index (Phi) is 5.76. The van der Waals surface area contributed by atoms with Gasteiger partial charge in [-0.2, -0.15) is 0 Å². The van der Waals surface area contributed by atoms with Crippen LogP contribution in [0.5, 0.6) is 0 Å². The summed E-state index contributed by atoms with van der Waals surface area (Å²) in [6, 6.07) is 5.46. The molecule has 0 aliphatic carbocycles. The Morgan fingerprint density at radius 3 is 2.71 bits per heavy atom. The number of hydrogen-bond acceptors (Lipinski definition) is 2. The van der Waals surface area contributed by atoms with E-state index in [1.54, 1.807) is 6.07 Å². The highest BCUT2D eigenvalue weighted by Gasteiger charge is 2.12. The number of halogens is 2. The third-order valence-electron chi connectivity index (χ3n) is 2.25. The van der Waals surface area contributed by atoms with Crippen LogP contribution in [0.2, 0.25) is 0 Å². The predicted molar refractivity (Wildman–Crippen MR) is 76.2 cm³/mol. The molecule has 0 aliphatic rings. The van der Waals surface area contributed by atoms with Crippen molar-refractivity contribution in [1.82, 2.24) is 0 Å². The lowest BCUT2D eigenvalue weighted by atomic mass is 10.2. The third-order valence-corrected chi connectivity index (χ3v) is 4.93. The average Bonchev–Trinajstić information content (AvgIpc) is 2.25. The van der Waals surface area contributed by atoms with E-state index in [-0.39, 0.29) is 5.75 Å². The molecule has 1 rings (SSSR count). The molecule has 0 unspecified atom stereocenters. The molecule has 17 heavy (non-hydrogen) atoms. The van der Waals surface area contributed by atoms with Gasteiger partial charge in [-0.3, -0.25) is 4.72 Å². The summed E-state index contributed by atoms with van der Waals surface area (Å²) in [6.07, 6.45) is 1.28. The zero-order chi connectivity index (χ0) is 12.9. The van der Waals surface area contributed by atoms with Crippen LogP contribution in [-0.2, 0) is 10.0 Å². The molecule has 0 saturated heterocycles. The molecule has 0 saturated carbocycles. The Labute approximate surface area is 116 Å². The maximum Gasteiger partial charge on any atom is 0.232 e. The number of rotatable bonds is 6. The van der Waals surface area contributed by atoms with E-state index in [9.17, 15) is 8.42 Å². The second kappa shape index (κ2) is 6.61. The number of sulfonamides is 1. The molecule has 0 radical (unpaired) electrons. The minimum absolute atomic E-state index is 0.0973. The van der Waals surface area contributed by atoms with Gasteiger partial charge in [0.05, 0.1) is 11.4 Å². The molecule has 0 aliphatic heterocycles. The van der Waals surface area contributed by atoms with Gasteiger partial charge in [0.15, 0.2) is 0 Å². The van der Waals surface area contributed by atoms with Gasteiger partial charge in [-0.15, -0.1) is 11.6 Å². The monoisotopic (exact) mass is 339 g/mol. The van der Waals surface area contributed by atoms with Crippen molar-refractivity contribution in [2.75, 3.05) is 16.4 Å². The topological polar surface area (TPSA) is 46.2 Å². The molecular formula is C11H15BrClNO2S. The van der Waals surface area contributed by atoms with Crippen molar-refractivity contribution in [1.29, 1.82) is 0 Å². The van der Waals surface area contributed by atoms with Crippen LogP contribution < -0.4 is 4.72 Å². The standard InChI is InChI=1S/C11H15BrClNO2S/c1-9-5-4-6-10(11(9)12)14-17(15,16)8-3-2-7-13/h4-6,14H,2-3,7-8H2,1H3. The van der Waals surface area contributed by atoms with Crippen LogP contribution in [0.25, 0.3) is 0 Å². The van der Waals surface area contributed by atoms with Gasteiger partial charge < -0.3 is 0 Å². The fourth-order valence-electron chi connectivity index (χ4n) is 1.33. The number of unbranched alkanes of at least 4 members (excludes halogenated alkanes) is 1. The molecule has 1 aromatic rings. The summed E-state index contributed by atoms with van der Waals surface area (Å²) >= 11 is 8.88. The molecule has 0 spiro atoms. The molecule has 96 valence electrons. The maximum absolute atomic E-state index is 11.8. The van der Waals surface area contributed by atoms with Crippen molar-refractivity contribution in [2.24, 2.45) is 0 Å². The summed E-state index contributed by atoms with van der Waals surface area (Å²) in [5.74, 6) is 0.587. The molecule has 1 aromatic carbocycles. The van der Waals surface area contributed by atoms with Crippen molar-refractivity contribution < 1.29 is 8.42 Å². The Morgan fingerprint density at radius 2 is 2.06 bits per heavy atom.